The molecule has 0 aliphatic rings. The van der Waals surface area contributed by atoms with Crippen LogP contribution in [0.1, 0.15) is 24.5 Å². The van der Waals surface area contributed by atoms with E-state index in [2.05, 4.69) is 35.6 Å². The van der Waals surface area contributed by atoms with Gasteiger partial charge in [0.1, 0.15) is 0 Å². The molecular weight excluding hydrogens is 312 g/mol. The van der Waals surface area contributed by atoms with Crippen molar-refractivity contribution in [3.8, 4) is 11.3 Å². The molecule has 2 N–H and O–H groups in total. The van der Waals surface area contributed by atoms with Gasteiger partial charge in [0.25, 0.3) is 0 Å². The van der Waals surface area contributed by atoms with Crippen molar-refractivity contribution in [2.45, 2.75) is 32.5 Å². The minimum Gasteiger partial charge on any atom is -0.396 e. The van der Waals surface area contributed by atoms with E-state index in [9.17, 15) is 0 Å². The maximum Gasteiger partial charge on any atom is 0.0983 e. The van der Waals surface area contributed by atoms with Crippen LogP contribution in [0.15, 0.2) is 61.1 Å². The molecule has 0 spiro atoms. The van der Waals surface area contributed by atoms with Gasteiger partial charge in [0.05, 0.1) is 12.2 Å². The summed E-state index contributed by atoms with van der Waals surface area (Å²) in [6, 6.07) is 14.5. The predicted molar refractivity (Wildman–Crippen MR) is 99.0 cm³/mol. The first-order valence-electron chi connectivity index (χ1n) is 8.61. The number of hydrogen-bond donors (Lipinski definition) is 2. The highest BCUT2D eigenvalue weighted by Crippen LogP contribution is 2.22. The second-order valence-electron chi connectivity index (χ2n) is 6.22. The molecule has 0 radical (unpaired) electrons. The van der Waals surface area contributed by atoms with E-state index in [1.165, 1.54) is 5.56 Å². The monoisotopic (exact) mass is 336 g/mol. The quantitative estimate of drug-likeness (QED) is 0.664. The number of nitrogens with one attached hydrogen (secondary N) is 1. The molecule has 3 rings (SSSR count). The highest BCUT2D eigenvalue weighted by Gasteiger charge is 2.12. The van der Waals surface area contributed by atoms with Gasteiger partial charge in [0.2, 0.25) is 0 Å². The highest BCUT2D eigenvalue weighted by atomic mass is 16.3. The van der Waals surface area contributed by atoms with Gasteiger partial charge in [0.15, 0.2) is 0 Å². The van der Waals surface area contributed by atoms with Crippen LogP contribution in [0, 0.1) is 0 Å². The normalized spacial score (nSPS) is 12.2. The van der Waals surface area contributed by atoms with E-state index in [4.69, 9.17) is 10.2 Å². The Morgan fingerprint density at radius 2 is 2.00 bits per heavy atom. The van der Waals surface area contributed by atoms with E-state index in [-0.39, 0.29) is 12.6 Å². The van der Waals surface area contributed by atoms with Crippen LogP contribution in [0.4, 0.5) is 0 Å². The van der Waals surface area contributed by atoms with Gasteiger partial charge < -0.3 is 10.4 Å². The van der Waals surface area contributed by atoms with Crippen LogP contribution in [-0.4, -0.2) is 32.5 Å². The predicted octanol–water partition coefficient (Wildman–Crippen LogP) is 2.85. The smallest absolute Gasteiger partial charge is 0.0983 e. The summed E-state index contributed by atoms with van der Waals surface area (Å²) in [6.07, 6.45) is 6.44. The molecular formula is C20H24N4O. The van der Waals surface area contributed by atoms with Crippen LogP contribution < -0.4 is 5.32 Å². The summed E-state index contributed by atoms with van der Waals surface area (Å²) in [4.78, 5) is 4.22. The van der Waals surface area contributed by atoms with Gasteiger partial charge in [-0.25, -0.2) is 0 Å². The zero-order chi connectivity index (χ0) is 17.5. The molecule has 5 heteroatoms. The molecule has 25 heavy (non-hydrogen) atoms. The molecule has 1 aromatic carbocycles. The van der Waals surface area contributed by atoms with Crippen LogP contribution >= 0.6 is 0 Å². The van der Waals surface area contributed by atoms with Gasteiger partial charge in [0, 0.05) is 48.9 Å². The van der Waals surface area contributed by atoms with Crippen molar-refractivity contribution in [2.24, 2.45) is 0 Å². The number of aromatic nitrogens is 3. The molecule has 0 amide bonds. The van der Waals surface area contributed by atoms with Gasteiger partial charge in [-0.3, -0.25) is 9.67 Å². The Labute approximate surface area is 148 Å². The molecule has 0 unspecified atom stereocenters. The summed E-state index contributed by atoms with van der Waals surface area (Å²) < 4.78 is 1.98. The Morgan fingerprint density at radius 1 is 1.16 bits per heavy atom. The molecule has 5 nitrogen and oxygen atoms in total. The Bertz CT molecular complexity index is 771. The standard InChI is InChI=1S/C20H24N4O/c1-16(9-11-25)22-13-19-15-24(14-17-6-3-2-4-7-17)23-20(19)18-8-5-10-21-12-18/h2-8,10,12,15-16,22,25H,9,11,13-14H2,1H3/t16-/m1/s1. The summed E-state index contributed by atoms with van der Waals surface area (Å²) >= 11 is 0. The number of benzene rings is 1. The van der Waals surface area contributed by atoms with Gasteiger partial charge in [-0.1, -0.05) is 30.3 Å². The van der Waals surface area contributed by atoms with Gasteiger partial charge >= 0.3 is 0 Å². The third kappa shape index (κ3) is 4.75. The molecule has 3 aromatic rings. The third-order valence-electron chi connectivity index (χ3n) is 4.16. The van der Waals surface area contributed by atoms with Crippen molar-refractivity contribution < 1.29 is 5.11 Å². The summed E-state index contributed by atoms with van der Waals surface area (Å²) in [7, 11) is 0. The van der Waals surface area contributed by atoms with Gasteiger partial charge in [-0.15, -0.1) is 0 Å². The molecule has 0 fully saturated rings. The first-order valence-corrected chi connectivity index (χ1v) is 8.61. The number of aliphatic hydroxyl groups is 1. The molecule has 130 valence electrons. The number of hydrogen-bond acceptors (Lipinski definition) is 4. The van der Waals surface area contributed by atoms with Crippen LogP contribution in [0.25, 0.3) is 11.3 Å². The maximum atomic E-state index is 9.07. The van der Waals surface area contributed by atoms with Gasteiger partial charge in [-0.05, 0) is 31.0 Å². The fraction of sp³-hybridized carbons (Fsp3) is 0.300. The van der Waals surface area contributed by atoms with Crippen molar-refractivity contribution >= 4 is 0 Å². The number of pyridine rings is 1. The second-order valence-corrected chi connectivity index (χ2v) is 6.22. The second kappa shape index (κ2) is 8.55. The number of nitrogens with zero attached hydrogens (tertiary/aromatic N) is 3. The minimum absolute atomic E-state index is 0.191. The van der Waals surface area contributed by atoms with E-state index in [0.29, 0.717) is 6.54 Å². The third-order valence-corrected chi connectivity index (χ3v) is 4.16. The van der Waals surface area contributed by atoms with Crippen molar-refractivity contribution in [2.75, 3.05) is 6.61 Å². The lowest BCUT2D eigenvalue weighted by atomic mass is 10.1. The van der Waals surface area contributed by atoms with Crippen molar-refractivity contribution in [1.29, 1.82) is 0 Å². The molecule has 2 aromatic heterocycles. The van der Waals surface area contributed by atoms with E-state index < -0.39 is 0 Å². The fourth-order valence-electron chi connectivity index (χ4n) is 2.77. The Hall–Kier alpha value is -2.50. The lowest BCUT2D eigenvalue weighted by Gasteiger charge is -2.12. The lowest BCUT2D eigenvalue weighted by Crippen LogP contribution is -2.26. The molecule has 0 bridgehead atoms. The molecule has 1 atom stereocenters. The largest absolute Gasteiger partial charge is 0.396 e. The Kier molecular flexibility index (Phi) is 5.93. The number of aliphatic hydroxyl groups excluding tert-OH is 1. The minimum atomic E-state index is 0.191. The first-order chi connectivity index (χ1) is 12.3. The van der Waals surface area contributed by atoms with E-state index in [1.807, 2.05) is 41.2 Å². The fourth-order valence-corrected chi connectivity index (χ4v) is 2.77. The van der Waals surface area contributed by atoms with Crippen molar-refractivity contribution in [3.05, 3.63) is 72.2 Å². The highest BCUT2D eigenvalue weighted by molar-refractivity contribution is 5.61. The maximum absolute atomic E-state index is 9.07. The van der Waals surface area contributed by atoms with Crippen molar-refractivity contribution in [3.63, 3.8) is 0 Å². The number of rotatable bonds is 8. The van der Waals surface area contributed by atoms with Gasteiger partial charge in [-0.2, -0.15) is 5.10 Å². The lowest BCUT2D eigenvalue weighted by molar-refractivity contribution is 0.268. The Morgan fingerprint density at radius 3 is 2.72 bits per heavy atom. The molecule has 0 aliphatic carbocycles. The van der Waals surface area contributed by atoms with Crippen molar-refractivity contribution in [1.82, 2.24) is 20.1 Å². The van der Waals surface area contributed by atoms with Crippen LogP contribution in [0.2, 0.25) is 0 Å². The summed E-state index contributed by atoms with van der Waals surface area (Å²) in [5.74, 6) is 0. The first kappa shape index (κ1) is 17.3. The molecule has 0 saturated carbocycles. The summed E-state index contributed by atoms with van der Waals surface area (Å²) in [5.41, 5.74) is 4.32. The average Bonchev–Trinajstić information content (AvgIpc) is 3.04. The summed E-state index contributed by atoms with van der Waals surface area (Å²) in [6.45, 7) is 3.71. The average molecular weight is 336 g/mol. The van der Waals surface area contributed by atoms with E-state index >= 15 is 0 Å². The topological polar surface area (TPSA) is 63.0 Å². The molecule has 2 heterocycles. The van der Waals surface area contributed by atoms with E-state index in [0.717, 1.165) is 29.8 Å². The van der Waals surface area contributed by atoms with Crippen LogP contribution in [0.5, 0.6) is 0 Å². The Balaban J connectivity index is 1.83. The van der Waals surface area contributed by atoms with Crippen LogP contribution in [0.3, 0.4) is 0 Å². The molecule has 0 aliphatic heterocycles. The van der Waals surface area contributed by atoms with Crippen LogP contribution in [-0.2, 0) is 13.1 Å². The zero-order valence-electron chi connectivity index (χ0n) is 14.5. The van der Waals surface area contributed by atoms with E-state index in [1.54, 1.807) is 6.20 Å². The zero-order valence-corrected chi connectivity index (χ0v) is 14.5. The SMILES string of the molecule is C[C@H](CCO)NCc1cn(Cc2ccccc2)nc1-c1cccnc1. The molecule has 0 saturated heterocycles. The summed E-state index contributed by atoms with van der Waals surface area (Å²) in [5, 5.41) is 17.3.